The third-order valence-electron chi connectivity index (χ3n) is 1.77. The predicted octanol–water partition coefficient (Wildman–Crippen LogP) is -0.341. The Hall–Kier alpha value is -1.57. The SMILES string of the molecule is CC(C)C(Sc1n[nH]c(=O)[nH]c1=O)C(=O)O. The molecule has 1 aromatic heterocycles. The van der Waals surface area contributed by atoms with Crippen LogP contribution in [0.2, 0.25) is 0 Å². The van der Waals surface area contributed by atoms with Crippen molar-refractivity contribution in [1.29, 1.82) is 0 Å². The van der Waals surface area contributed by atoms with E-state index in [2.05, 4.69) is 5.10 Å². The standard InChI is InChI=1S/C8H11N3O4S/c1-3(2)4(7(13)14)16-6-5(12)9-8(15)11-10-6/h3-4H,1-2H3,(H,13,14)(H2,9,11,12,15). The number of aliphatic carboxylic acids is 1. The van der Waals surface area contributed by atoms with Gasteiger partial charge in [0.05, 0.1) is 0 Å². The van der Waals surface area contributed by atoms with Crippen LogP contribution in [-0.2, 0) is 4.79 Å². The number of hydrogen-bond donors (Lipinski definition) is 3. The van der Waals surface area contributed by atoms with Crippen molar-refractivity contribution in [3.63, 3.8) is 0 Å². The van der Waals surface area contributed by atoms with E-state index < -0.39 is 22.5 Å². The minimum atomic E-state index is -1.02. The van der Waals surface area contributed by atoms with Gasteiger partial charge in [0.25, 0.3) is 5.56 Å². The van der Waals surface area contributed by atoms with Gasteiger partial charge in [0.2, 0.25) is 0 Å². The Morgan fingerprint density at radius 3 is 2.50 bits per heavy atom. The third-order valence-corrected chi connectivity index (χ3v) is 3.27. The number of carboxylic acids is 1. The van der Waals surface area contributed by atoms with Crippen LogP contribution in [0.3, 0.4) is 0 Å². The van der Waals surface area contributed by atoms with E-state index in [9.17, 15) is 14.4 Å². The molecule has 0 aromatic carbocycles. The van der Waals surface area contributed by atoms with Gasteiger partial charge in [-0.1, -0.05) is 25.6 Å². The molecule has 0 saturated heterocycles. The number of hydrogen-bond acceptors (Lipinski definition) is 5. The van der Waals surface area contributed by atoms with Crippen molar-refractivity contribution >= 4 is 17.7 Å². The summed E-state index contributed by atoms with van der Waals surface area (Å²) in [6.45, 7) is 3.46. The number of nitrogens with zero attached hydrogens (tertiary/aromatic N) is 1. The smallest absolute Gasteiger partial charge is 0.342 e. The zero-order valence-electron chi connectivity index (χ0n) is 8.68. The van der Waals surface area contributed by atoms with Crippen molar-refractivity contribution in [2.24, 2.45) is 5.92 Å². The number of thioether (sulfide) groups is 1. The van der Waals surface area contributed by atoms with E-state index >= 15 is 0 Å². The van der Waals surface area contributed by atoms with Gasteiger partial charge in [0.1, 0.15) is 5.25 Å². The summed E-state index contributed by atoms with van der Waals surface area (Å²) in [6, 6.07) is 0. The molecule has 0 spiro atoms. The van der Waals surface area contributed by atoms with E-state index in [4.69, 9.17) is 5.11 Å². The number of nitrogens with one attached hydrogen (secondary N) is 2. The zero-order valence-corrected chi connectivity index (χ0v) is 9.50. The van der Waals surface area contributed by atoms with Crippen molar-refractivity contribution in [3.8, 4) is 0 Å². The van der Waals surface area contributed by atoms with E-state index in [0.29, 0.717) is 0 Å². The molecule has 0 bridgehead atoms. The molecule has 88 valence electrons. The Bertz CT molecular complexity index is 493. The fraction of sp³-hybridized carbons (Fsp3) is 0.500. The van der Waals surface area contributed by atoms with E-state index in [1.54, 1.807) is 13.8 Å². The van der Waals surface area contributed by atoms with Crippen LogP contribution in [0, 0.1) is 5.92 Å². The molecule has 0 radical (unpaired) electrons. The lowest BCUT2D eigenvalue weighted by molar-refractivity contribution is -0.137. The van der Waals surface area contributed by atoms with E-state index in [-0.39, 0.29) is 10.9 Å². The molecule has 3 N–H and O–H groups in total. The first-order valence-corrected chi connectivity index (χ1v) is 5.38. The highest BCUT2D eigenvalue weighted by Gasteiger charge is 2.24. The van der Waals surface area contributed by atoms with Gasteiger partial charge in [-0.2, -0.15) is 5.10 Å². The molecule has 0 aliphatic rings. The van der Waals surface area contributed by atoms with E-state index in [1.807, 2.05) is 10.1 Å². The fourth-order valence-electron chi connectivity index (χ4n) is 1.01. The number of aromatic nitrogens is 3. The summed E-state index contributed by atoms with van der Waals surface area (Å²) in [6.07, 6.45) is 0. The molecule has 0 aliphatic heterocycles. The first-order chi connectivity index (χ1) is 7.41. The normalized spacial score (nSPS) is 12.7. The summed E-state index contributed by atoms with van der Waals surface area (Å²) in [5, 5.41) is 13.6. The molecule has 7 nitrogen and oxygen atoms in total. The molecule has 1 unspecified atom stereocenters. The topological polar surface area (TPSA) is 116 Å². The predicted molar refractivity (Wildman–Crippen MR) is 57.6 cm³/mol. The largest absolute Gasteiger partial charge is 0.480 e. The lowest BCUT2D eigenvalue weighted by Crippen LogP contribution is -2.28. The quantitative estimate of drug-likeness (QED) is 0.625. The Morgan fingerprint density at radius 2 is 2.06 bits per heavy atom. The highest BCUT2D eigenvalue weighted by atomic mass is 32.2. The molecule has 0 aliphatic carbocycles. The van der Waals surface area contributed by atoms with Crippen LogP contribution in [0.25, 0.3) is 0 Å². The van der Waals surface area contributed by atoms with Crippen molar-refractivity contribution in [2.75, 3.05) is 0 Å². The fourth-order valence-corrected chi connectivity index (χ4v) is 1.88. The van der Waals surface area contributed by atoms with Crippen molar-refractivity contribution in [3.05, 3.63) is 20.8 Å². The van der Waals surface area contributed by atoms with Gasteiger partial charge in [-0.25, -0.2) is 9.89 Å². The molecular weight excluding hydrogens is 234 g/mol. The maximum absolute atomic E-state index is 11.3. The molecule has 1 aromatic rings. The van der Waals surface area contributed by atoms with Crippen LogP contribution >= 0.6 is 11.8 Å². The van der Waals surface area contributed by atoms with Crippen LogP contribution in [0.5, 0.6) is 0 Å². The van der Waals surface area contributed by atoms with Crippen molar-refractivity contribution < 1.29 is 9.90 Å². The lowest BCUT2D eigenvalue weighted by Gasteiger charge is -2.13. The molecule has 0 amide bonds. The minimum Gasteiger partial charge on any atom is -0.480 e. The van der Waals surface area contributed by atoms with Gasteiger partial charge >= 0.3 is 11.7 Å². The van der Waals surface area contributed by atoms with Crippen LogP contribution < -0.4 is 11.2 Å². The first-order valence-electron chi connectivity index (χ1n) is 4.50. The first kappa shape index (κ1) is 12.5. The Kier molecular flexibility index (Phi) is 3.88. The molecule has 0 saturated carbocycles. The molecule has 1 rings (SSSR count). The maximum atomic E-state index is 11.3. The summed E-state index contributed by atoms with van der Waals surface area (Å²) in [7, 11) is 0. The Balaban J connectivity index is 2.99. The summed E-state index contributed by atoms with van der Waals surface area (Å²) >= 11 is 0.816. The molecule has 8 heteroatoms. The molecule has 0 fully saturated rings. The van der Waals surface area contributed by atoms with Crippen LogP contribution in [0.1, 0.15) is 13.8 Å². The van der Waals surface area contributed by atoms with Crippen LogP contribution in [-0.4, -0.2) is 31.5 Å². The number of H-pyrrole nitrogens is 2. The van der Waals surface area contributed by atoms with Crippen molar-refractivity contribution in [2.45, 2.75) is 24.1 Å². The second-order valence-corrected chi connectivity index (χ2v) is 4.56. The second kappa shape index (κ2) is 4.97. The highest BCUT2D eigenvalue weighted by Crippen LogP contribution is 2.23. The van der Waals surface area contributed by atoms with Gasteiger partial charge in [-0.3, -0.25) is 14.6 Å². The van der Waals surface area contributed by atoms with Crippen molar-refractivity contribution in [1.82, 2.24) is 15.2 Å². The van der Waals surface area contributed by atoms with Gasteiger partial charge < -0.3 is 5.11 Å². The molecule has 1 atom stereocenters. The summed E-state index contributed by atoms with van der Waals surface area (Å²) in [4.78, 5) is 34.8. The summed E-state index contributed by atoms with van der Waals surface area (Å²) in [5.74, 6) is -1.18. The Morgan fingerprint density at radius 1 is 1.44 bits per heavy atom. The highest BCUT2D eigenvalue weighted by molar-refractivity contribution is 8.00. The number of rotatable bonds is 4. The average molecular weight is 245 g/mol. The van der Waals surface area contributed by atoms with Gasteiger partial charge in [0, 0.05) is 0 Å². The van der Waals surface area contributed by atoms with Gasteiger partial charge in [-0.15, -0.1) is 0 Å². The third kappa shape index (κ3) is 2.96. The second-order valence-electron chi connectivity index (χ2n) is 3.43. The average Bonchev–Trinajstić information content (AvgIpc) is 2.15. The van der Waals surface area contributed by atoms with Crippen LogP contribution in [0.15, 0.2) is 14.6 Å². The number of carboxylic acid groups (broad SMARTS) is 1. The molecule has 16 heavy (non-hydrogen) atoms. The van der Waals surface area contributed by atoms with Gasteiger partial charge in [0.15, 0.2) is 5.03 Å². The van der Waals surface area contributed by atoms with Gasteiger partial charge in [-0.05, 0) is 5.92 Å². The molecule has 1 heterocycles. The minimum absolute atomic E-state index is 0.0549. The summed E-state index contributed by atoms with van der Waals surface area (Å²) in [5.41, 5.74) is -1.40. The maximum Gasteiger partial charge on any atom is 0.342 e. The lowest BCUT2D eigenvalue weighted by atomic mass is 10.1. The van der Waals surface area contributed by atoms with E-state index in [1.165, 1.54) is 0 Å². The summed E-state index contributed by atoms with van der Waals surface area (Å²) < 4.78 is 0. The Labute approximate surface area is 94.3 Å². The van der Waals surface area contributed by atoms with E-state index in [0.717, 1.165) is 11.8 Å². The number of aromatic amines is 2. The zero-order chi connectivity index (χ0) is 12.3. The van der Waals surface area contributed by atoms with Crippen LogP contribution in [0.4, 0.5) is 0 Å². The molecular formula is C8H11N3O4S. The number of carbonyl (C=O) groups is 1. The monoisotopic (exact) mass is 245 g/mol.